The van der Waals surface area contributed by atoms with Gasteiger partial charge < -0.3 is 18.9 Å². The Morgan fingerprint density at radius 3 is 0.622 bits per heavy atom. The van der Waals surface area contributed by atoms with Crippen LogP contribution in [0.15, 0.2) is 76.6 Å². The zero-order valence-electron chi connectivity index (χ0n) is 50.8. The molecule has 4 aromatic carbocycles. The molecular weight excluding hydrogens is 1100 g/mol. The Morgan fingerprint density at radius 1 is 0.268 bits per heavy atom. The van der Waals surface area contributed by atoms with Crippen molar-refractivity contribution in [1.82, 2.24) is 0 Å². The highest BCUT2D eigenvalue weighted by atomic mass is 32.2. The first kappa shape index (κ1) is 67.5. The molecule has 0 N–H and O–H groups in total. The van der Waals surface area contributed by atoms with Crippen molar-refractivity contribution in [3.8, 4) is 23.0 Å². The van der Waals surface area contributed by atoms with Gasteiger partial charge in [-0.2, -0.15) is 0 Å². The standard InChI is InChI=1S/C70H100O8S4/c1-5-9-13-17-21-25-29-33-37-49-57(71)75-61-53-45-41-42-46-54(53)62(76-58(72)50-38-34-30-26-22-18-14-10-6-2)66-65(61)79-69(80-66)70-81-67-63(77-59(73)51-39-35-31-27-23-19-15-11-7-3)55-47-43-44-48-56(55)64(68(67)82-70)78-60(74)52-40-36-32-28-24-20-16-12-8-4/h41-48H,5-40,49-52H2,1-4H3. The Morgan fingerprint density at radius 2 is 0.439 bits per heavy atom. The highest BCUT2D eigenvalue weighted by Gasteiger charge is 2.38. The number of ether oxygens (including phenoxy) is 4. The summed E-state index contributed by atoms with van der Waals surface area (Å²) in [5.41, 5.74) is 0. The second-order valence-electron chi connectivity index (χ2n) is 22.9. The van der Waals surface area contributed by atoms with Crippen molar-refractivity contribution in [2.45, 2.75) is 304 Å². The minimum atomic E-state index is -0.274. The van der Waals surface area contributed by atoms with Crippen molar-refractivity contribution in [3.05, 3.63) is 57.0 Å². The van der Waals surface area contributed by atoms with E-state index < -0.39 is 0 Å². The van der Waals surface area contributed by atoms with Crippen molar-refractivity contribution >= 4 is 92.5 Å². The third-order valence-electron chi connectivity index (χ3n) is 15.8. The fraction of sp³-hybridized carbons (Fsp3) is 0.629. The second-order valence-corrected chi connectivity index (χ2v) is 27.5. The lowest BCUT2D eigenvalue weighted by Gasteiger charge is -2.16. The van der Waals surface area contributed by atoms with Gasteiger partial charge in [-0.1, -0.05) is 329 Å². The van der Waals surface area contributed by atoms with Gasteiger partial charge in [0.1, 0.15) is 0 Å². The van der Waals surface area contributed by atoms with Gasteiger partial charge in [-0.05, 0) is 25.7 Å². The number of carbonyl (C=O) groups is 4. The van der Waals surface area contributed by atoms with Crippen molar-refractivity contribution in [2.75, 3.05) is 0 Å². The van der Waals surface area contributed by atoms with Gasteiger partial charge in [-0.15, -0.1) is 0 Å². The van der Waals surface area contributed by atoms with Crippen LogP contribution >= 0.6 is 47.0 Å². The average molecular weight is 1200 g/mol. The molecule has 0 radical (unpaired) electrons. The Labute approximate surface area is 511 Å². The summed E-state index contributed by atoms with van der Waals surface area (Å²) in [7, 11) is 0. The fourth-order valence-electron chi connectivity index (χ4n) is 11.0. The molecule has 0 unspecified atom stereocenters. The number of fused-ring (bicyclic) bond motifs is 4. The smallest absolute Gasteiger partial charge is 0.311 e. The number of unbranched alkanes of at least 4 members (excludes halogenated alkanes) is 32. The number of hydrogen-bond donors (Lipinski definition) is 0. The van der Waals surface area contributed by atoms with E-state index in [4.69, 9.17) is 18.9 Å². The summed E-state index contributed by atoms with van der Waals surface area (Å²) in [5, 5.41) is 2.87. The van der Waals surface area contributed by atoms with Crippen LogP contribution < -0.4 is 18.9 Å². The third-order valence-corrected chi connectivity index (χ3v) is 21.5. The van der Waals surface area contributed by atoms with Gasteiger partial charge in [0.25, 0.3) is 0 Å². The molecular formula is C70H100O8S4. The lowest BCUT2D eigenvalue weighted by atomic mass is 10.1. The van der Waals surface area contributed by atoms with Crippen LogP contribution in [0.2, 0.25) is 0 Å². The number of benzene rings is 4. The Hall–Kier alpha value is -3.58. The Bertz CT molecular complexity index is 2280. The van der Waals surface area contributed by atoms with E-state index in [2.05, 4.69) is 27.7 Å². The molecule has 6 rings (SSSR count). The molecule has 0 amide bonds. The quantitative estimate of drug-likeness (QED) is 0.0239. The molecule has 0 saturated carbocycles. The van der Waals surface area contributed by atoms with E-state index in [1.807, 2.05) is 48.5 Å². The van der Waals surface area contributed by atoms with Crippen LogP contribution in [-0.2, 0) is 19.2 Å². The fourth-order valence-corrected chi connectivity index (χ4v) is 16.6. The van der Waals surface area contributed by atoms with Crippen LogP contribution in [0.4, 0.5) is 0 Å². The van der Waals surface area contributed by atoms with Gasteiger partial charge in [0.15, 0.2) is 23.0 Å². The van der Waals surface area contributed by atoms with E-state index in [-0.39, 0.29) is 23.9 Å². The highest BCUT2D eigenvalue weighted by Crippen LogP contribution is 2.69. The first-order valence-electron chi connectivity index (χ1n) is 32.7. The lowest BCUT2D eigenvalue weighted by Crippen LogP contribution is -2.11. The molecule has 82 heavy (non-hydrogen) atoms. The summed E-state index contributed by atoms with van der Waals surface area (Å²) < 4.78 is 27.7. The van der Waals surface area contributed by atoms with Crippen LogP contribution in [-0.4, -0.2) is 23.9 Å². The van der Waals surface area contributed by atoms with E-state index in [1.54, 1.807) is 0 Å². The summed E-state index contributed by atoms with van der Waals surface area (Å²) in [6.45, 7) is 8.97. The number of carbonyl (C=O) groups excluding carboxylic acids is 4. The van der Waals surface area contributed by atoms with Crippen LogP contribution in [0.5, 0.6) is 23.0 Å². The Balaban J connectivity index is 1.27. The van der Waals surface area contributed by atoms with Crippen molar-refractivity contribution in [1.29, 1.82) is 0 Å². The lowest BCUT2D eigenvalue weighted by molar-refractivity contribution is -0.135. The topological polar surface area (TPSA) is 105 Å². The molecule has 0 saturated heterocycles. The summed E-state index contributed by atoms with van der Waals surface area (Å²) >= 11 is 6.05. The first-order chi connectivity index (χ1) is 40.3. The minimum absolute atomic E-state index is 0.274. The maximum atomic E-state index is 13.9. The maximum Gasteiger partial charge on any atom is 0.311 e. The average Bonchev–Trinajstić information content (AvgIpc) is 4.29. The molecule has 0 atom stereocenters. The monoisotopic (exact) mass is 1200 g/mol. The van der Waals surface area contributed by atoms with Crippen LogP contribution in [0.1, 0.15) is 285 Å². The van der Waals surface area contributed by atoms with Gasteiger partial charge in [0.2, 0.25) is 0 Å². The van der Waals surface area contributed by atoms with Gasteiger partial charge in [0, 0.05) is 47.2 Å². The predicted molar refractivity (Wildman–Crippen MR) is 348 cm³/mol. The molecule has 8 nitrogen and oxygen atoms in total. The van der Waals surface area contributed by atoms with Gasteiger partial charge in [-0.3, -0.25) is 19.2 Å². The van der Waals surface area contributed by atoms with Crippen molar-refractivity contribution in [2.24, 2.45) is 0 Å². The van der Waals surface area contributed by atoms with E-state index in [1.165, 1.54) is 201 Å². The highest BCUT2D eigenvalue weighted by molar-refractivity contribution is 8.30. The van der Waals surface area contributed by atoms with Crippen molar-refractivity contribution < 1.29 is 38.1 Å². The van der Waals surface area contributed by atoms with Crippen LogP contribution in [0.25, 0.3) is 21.5 Å². The van der Waals surface area contributed by atoms with E-state index >= 15 is 0 Å². The summed E-state index contributed by atoms with van der Waals surface area (Å²) in [4.78, 5) is 58.6. The molecule has 0 spiro atoms. The number of thioether (sulfide) groups is 4. The SMILES string of the molecule is CCCCCCCCCCCC(=O)Oc1c2c(c(OC(=O)CCCCCCCCCCC)c3ccccc13)SC(=C1Sc3c(c(OC(=O)CCCCCCCCCCC)c4ccccc4c3OC(=O)CCCCCCCCCCC)S1)S2. The molecule has 452 valence electrons. The van der Waals surface area contributed by atoms with Crippen LogP contribution in [0.3, 0.4) is 0 Å². The molecule has 2 heterocycles. The summed E-state index contributed by atoms with van der Waals surface area (Å²) in [6, 6.07) is 15.6. The largest absolute Gasteiger partial charge is 0.425 e. The number of esters is 4. The molecule has 0 fully saturated rings. The zero-order valence-corrected chi connectivity index (χ0v) is 54.1. The molecule has 2 aliphatic heterocycles. The third kappa shape index (κ3) is 22.7. The first-order valence-corrected chi connectivity index (χ1v) is 36.0. The second kappa shape index (κ2) is 39.9. The maximum absolute atomic E-state index is 13.9. The number of hydrogen-bond acceptors (Lipinski definition) is 12. The zero-order chi connectivity index (χ0) is 58.0. The van der Waals surface area contributed by atoms with Crippen molar-refractivity contribution in [3.63, 3.8) is 0 Å². The van der Waals surface area contributed by atoms with Gasteiger partial charge in [-0.25, -0.2) is 0 Å². The molecule has 4 aromatic rings. The van der Waals surface area contributed by atoms with E-state index in [0.717, 1.165) is 127 Å². The van der Waals surface area contributed by atoms with Gasteiger partial charge in [0.05, 0.1) is 28.1 Å². The minimum Gasteiger partial charge on any atom is -0.425 e. The van der Waals surface area contributed by atoms with Crippen LogP contribution in [0, 0.1) is 0 Å². The predicted octanol–water partition coefficient (Wildman–Crippen LogP) is 23.5. The summed E-state index contributed by atoms with van der Waals surface area (Å²) in [5.74, 6) is 0.816. The molecule has 12 heteroatoms. The molecule has 0 aliphatic carbocycles. The van der Waals surface area contributed by atoms with E-state index in [0.29, 0.717) is 48.7 Å². The number of rotatable bonds is 44. The normalized spacial score (nSPS) is 12.8. The summed E-state index contributed by atoms with van der Waals surface area (Å²) in [6.07, 6.45) is 42.7. The van der Waals surface area contributed by atoms with Gasteiger partial charge >= 0.3 is 23.9 Å². The molecule has 0 aromatic heterocycles. The molecule has 2 aliphatic rings. The van der Waals surface area contributed by atoms with E-state index in [9.17, 15) is 19.2 Å². The Kier molecular flexibility index (Phi) is 32.9. The molecule has 0 bridgehead atoms.